The molecule has 0 saturated heterocycles. The predicted octanol–water partition coefficient (Wildman–Crippen LogP) is 3.11. The Bertz CT molecular complexity index is 1390. The Morgan fingerprint density at radius 2 is 1.72 bits per heavy atom. The van der Waals surface area contributed by atoms with E-state index in [4.69, 9.17) is 10.5 Å². The summed E-state index contributed by atoms with van der Waals surface area (Å²) in [6, 6.07) is 15.4. The average Bonchev–Trinajstić information content (AvgIpc) is 3.07. The van der Waals surface area contributed by atoms with Gasteiger partial charge >= 0.3 is 0 Å². The van der Waals surface area contributed by atoms with Gasteiger partial charge in [0.05, 0.1) is 27.3 Å². The van der Waals surface area contributed by atoms with Crippen molar-refractivity contribution in [1.29, 1.82) is 10.5 Å². The lowest BCUT2D eigenvalue weighted by molar-refractivity contribution is 0.0998. The van der Waals surface area contributed by atoms with Gasteiger partial charge in [0.25, 0.3) is 5.91 Å². The molecular formula is C22H21N5O3S2. The first-order valence-electron chi connectivity index (χ1n) is 9.77. The molecular weight excluding hydrogens is 446 g/mol. The van der Waals surface area contributed by atoms with E-state index >= 15 is 0 Å². The van der Waals surface area contributed by atoms with Crippen LogP contribution in [0.3, 0.4) is 0 Å². The highest BCUT2D eigenvalue weighted by molar-refractivity contribution is 7.89. The summed E-state index contributed by atoms with van der Waals surface area (Å²) in [4.78, 5) is 17.4. The molecule has 0 N–H and O–H groups in total. The summed E-state index contributed by atoms with van der Waals surface area (Å²) in [7, 11) is -2.05. The highest BCUT2D eigenvalue weighted by atomic mass is 32.2. The van der Waals surface area contributed by atoms with E-state index in [-0.39, 0.29) is 36.4 Å². The Labute approximate surface area is 190 Å². The molecule has 2 aromatic carbocycles. The van der Waals surface area contributed by atoms with Gasteiger partial charge in [-0.3, -0.25) is 4.79 Å². The van der Waals surface area contributed by atoms with Crippen LogP contribution in [-0.2, 0) is 17.1 Å². The standard InChI is InChI=1S/C22H21N5O3S2/c1-16-5-10-19-20(15-16)31-22(26(19)2)25-21(28)17-6-8-18(9-7-17)32(29,30)27(13-3-11-23)14-4-12-24/h5-10,15H,3-4,13-14H2,1-2H3. The van der Waals surface area contributed by atoms with E-state index in [0.717, 1.165) is 20.1 Å². The number of aromatic nitrogens is 1. The number of hydrogen-bond donors (Lipinski definition) is 0. The third kappa shape index (κ3) is 4.94. The highest BCUT2D eigenvalue weighted by Crippen LogP contribution is 2.19. The lowest BCUT2D eigenvalue weighted by atomic mass is 10.2. The Kier molecular flexibility index (Phi) is 7.21. The molecule has 3 rings (SSSR count). The van der Waals surface area contributed by atoms with Gasteiger partial charge in [-0.25, -0.2) is 8.42 Å². The first-order valence-corrected chi connectivity index (χ1v) is 12.0. The van der Waals surface area contributed by atoms with E-state index in [1.807, 2.05) is 48.9 Å². The molecule has 0 radical (unpaired) electrons. The summed E-state index contributed by atoms with van der Waals surface area (Å²) in [5.74, 6) is -0.473. The maximum absolute atomic E-state index is 12.9. The Hall–Kier alpha value is -3.31. The van der Waals surface area contributed by atoms with E-state index in [9.17, 15) is 13.2 Å². The van der Waals surface area contributed by atoms with Crippen LogP contribution in [-0.4, -0.2) is 36.3 Å². The number of amides is 1. The van der Waals surface area contributed by atoms with Crippen LogP contribution in [0.15, 0.2) is 52.4 Å². The van der Waals surface area contributed by atoms with Crippen LogP contribution >= 0.6 is 11.3 Å². The zero-order valence-electron chi connectivity index (χ0n) is 17.6. The van der Waals surface area contributed by atoms with Crippen LogP contribution in [0.25, 0.3) is 10.2 Å². The van der Waals surface area contributed by atoms with Gasteiger partial charge in [-0.15, -0.1) is 0 Å². The fourth-order valence-electron chi connectivity index (χ4n) is 3.12. The van der Waals surface area contributed by atoms with Crippen molar-refractivity contribution in [2.24, 2.45) is 12.0 Å². The van der Waals surface area contributed by atoms with Crippen molar-refractivity contribution in [2.45, 2.75) is 24.7 Å². The molecule has 8 nitrogen and oxygen atoms in total. The van der Waals surface area contributed by atoms with Crippen LogP contribution in [0.4, 0.5) is 0 Å². The molecule has 164 valence electrons. The normalized spacial score (nSPS) is 12.1. The Morgan fingerprint density at radius 3 is 2.31 bits per heavy atom. The van der Waals surface area contributed by atoms with Gasteiger partial charge in [0.2, 0.25) is 10.0 Å². The molecule has 0 fully saturated rings. The van der Waals surface area contributed by atoms with Crippen LogP contribution < -0.4 is 4.80 Å². The number of hydrogen-bond acceptors (Lipinski definition) is 6. The molecule has 0 atom stereocenters. The molecule has 0 aliphatic rings. The maximum Gasteiger partial charge on any atom is 0.279 e. The van der Waals surface area contributed by atoms with Crippen LogP contribution in [0.5, 0.6) is 0 Å². The SMILES string of the molecule is Cc1ccc2c(c1)sc(=NC(=O)c1ccc(S(=O)(=O)N(CCC#N)CCC#N)cc1)n2C. The van der Waals surface area contributed by atoms with Gasteiger partial charge in [0.15, 0.2) is 4.80 Å². The predicted molar refractivity (Wildman–Crippen MR) is 121 cm³/mol. The quantitative estimate of drug-likeness (QED) is 0.529. The minimum atomic E-state index is -3.89. The molecule has 1 heterocycles. The first-order chi connectivity index (χ1) is 15.3. The molecule has 1 aromatic heterocycles. The number of thiazole rings is 1. The zero-order chi connectivity index (χ0) is 23.3. The number of nitriles is 2. The zero-order valence-corrected chi connectivity index (χ0v) is 19.3. The highest BCUT2D eigenvalue weighted by Gasteiger charge is 2.24. The van der Waals surface area contributed by atoms with Crippen molar-refractivity contribution in [3.8, 4) is 12.1 Å². The third-order valence-corrected chi connectivity index (χ3v) is 7.85. The topological polar surface area (TPSA) is 119 Å². The van der Waals surface area contributed by atoms with Crippen molar-refractivity contribution in [1.82, 2.24) is 8.87 Å². The van der Waals surface area contributed by atoms with Crippen molar-refractivity contribution in [3.63, 3.8) is 0 Å². The average molecular weight is 468 g/mol. The van der Waals surface area contributed by atoms with Gasteiger partial charge in [-0.2, -0.15) is 19.8 Å². The first kappa shape index (κ1) is 23.4. The second-order valence-corrected chi connectivity index (χ2v) is 10.0. The lowest BCUT2D eigenvalue weighted by Crippen LogP contribution is -2.32. The molecule has 0 unspecified atom stereocenters. The molecule has 0 aliphatic heterocycles. The number of carbonyl (C=O) groups is 1. The number of nitrogens with zero attached hydrogens (tertiary/aromatic N) is 5. The second kappa shape index (κ2) is 9.88. The fourth-order valence-corrected chi connectivity index (χ4v) is 5.68. The maximum atomic E-state index is 12.9. The monoisotopic (exact) mass is 467 g/mol. The van der Waals surface area contributed by atoms with Crippen LogP contribution in [0, 0.1) is 29.6 Å². The van der Waals surface area contributed by atoms with E-state index < -0.39 is 15.9 Å². The number of carbonyl (C=O) groups excluding carboxylic acids is 1. The molecule has 10 heteroatoms. The largest absolute Gasteiger partial charge is 0.319 e. The molecule has 0 spiro atoms. The van der Waals surface area contributed by atoms with E-state index in [1.165, 1.54) is 35.6 Å². The fraction of sp³-hybridized carbons (Fsp3) is 0.273. The van der Waals surface area contributed by atoms with Crippen molar-refractivity contribution in [2.75, 3.05) is 13.1 Å². The molecule has 32 heavy (non-hydrogen) atoms. The summed E-state index contributed by atoms with van der Waals surface area (Å²) in [6.07, 6.45) is 0.0393. The number of sulfonamides is 1. The lowest BCUT2D eigenvalue weighted by Gasteiger charge is -2.20. The van der Waals surface area contributed by atoms with Gasteiger partial charge < -0.3 is 4.57 Å². The van der Waals surface area contributed by atoms with E-state index in [1.54, 1.807) is 0 Å². The summed E-state index contributed by atoms with van der Waals surface area (Å²) >= 11 is 1.41. The molecule has 0 bridgehead atoms. The van der Waals surface area contributed by atoms with Gasteiger partial charge in [0.1, 0.15) is 0 Å². The van der Waals surface area contributed by atoms with E-state index in [0.29, 0.717) is 4.80 Å². The summed E-state index contributed by atoms with van der Waals surface area (Å²) < 4.78 is 29.7. The van der Waals surface area contributed by atoms with Crippen LogP contribution in [0.2, 0.25) is 0 Å². The number of fused-ring (bicyclic) bond motifs is 1. The Morgan fingerprint density at radius 1 is 1.09 bits per heavy atom. The summed E-state index contributed by atoms with van der Waals surface area (Å²) in [6.45, 7) is 2.00. The van der Waals surface area contributed by atoms with Crippen molar-refractivity contribution >= 4 is 37.5 Å². The summed E-state index contributed by atoms with van der Waals surface area (Å²) in [5.41, 5.74) is 2.36. The molecule has 0 saturated carbocycles. The number of aryl methyl sites for hydroxylation is 2. The summed E-state index contributed by atoms with van der Waals surface area (Å²) in [5, 5.41) is 17.6. The van der Waals surface area contributed by atoms with E-state index in [2.05, 4.69) is 4.99 Å². The van der Waals surface area contributed by atoms with Crippen molar-refractivity contribution in [3.05, 3.63) is 58.4 Å². The van der Waals surface area contributed by atoms with Gasteiger partial charge in [-0.05, 0) is 48.9 Å². The molecule has 0 aliphatic carbocycles. The smallest absolute Gasteiger partial charge is 0.279 e. The van der Waals surface area contributed by atoms with Crippen LogP contribution in [0.1, 0.15) is 28.8 Å². The number of rotatable bonds is 7. The molecule has 3 aromatic rings. The molecule has 1 amide bonds. The van der Waals surface area contributed by atoms with Crippen molar-refractivity contribution < 1.29 is 13.2 Å². The number of benzene rings is 2. The third-order valence-electron chi connectivity index (χ3n) is 4.85. The minimum absolute atomic E-state index is 0.00155. The van der Waals surface area contributed by atoms with Gasteiger partial charge in [0, 0.05) is 38.5 Å². The second-order valence-electron chi connectivity index (χ2n) is 7.08. The van der Waals surface area contributed by atoms with Gasteiger partial charge in [-0.1, -0.05) is 17.4 Å². The Balaban J connectivity index is 1.88. The minimum Gasteiger partial charge on any atom is -0.319 e.